The molecule has 1 N–H and O–H groups in total. The Balaban J connectivity index is 1.80. The third-order valence-electron chi connectivity index (χ3n) is 8.70. The fraction of sp³-hybridized carbons (Fsp3) is 0.619. The van der Waals surface area contributed by atoms with Crippen molar-refractivity contribution in [1.29, 1.82) is 0 Å². The highest BCUT2D eigenvalue weighted by Gasteiger charge is 2.11. The second-order valence-electron chi connectivity index (χ2n) is 13.2. The molecule has 2 rings (SSSR count). The van der Waals surface area contributed by atoms with E-state index >= 15 is 0 Å². The first-order chi connectivity index (χ1) is 23.0. The van der Waals surface area contributed by atoms with E-state index < -0.39 is 0 Å². The average Bonchev–Trinajstić information content (AvgIpc) is 3.05. The standard InChI is InChI=1S/C42H64O5/c1-3-5-7-9-11-13-15-17-19-21-23-25-41(44)46-39-33-37(28-27-36-29-31-38(43)32-30-36)34-40(35-39)47-42(45)26-24-22-20-18-16-14-12-10-8-6-4-2/h27-35,43H,3-26H2,1-2H3. The van der Waals surface area contributed by atoms with Crippen molar-refractivity contribution in [3.63, 3.8) is 0 Å². The molecular weight excluding hydrogens is 584 g/mol. The zero-order valence-electron chi connectivity index (χ0n) is 29.7. The number of aromatic hydroxyl groups is 1. The van der Waals surface area contributed by atoms with Gasteiger partial charge in [-0.05, 0) is 48.2 Å². The van der Waals surface area contributed by atoms with Crippen LogP contribution in [0.25, 0.3) is 12.2 Å². The molecule has 0 atom stereocenters. The summed E-state index contributed by atoms with van der Waals surface area (Å²) >= 11 is 0. The topological polar surface area (TPSA) is 72.8 Å². The van der Waals surface area contributed by atoms with Crippen LogP contribution >= 0.6 is 0 Å². The van der Waals surface area contributed by atoms with Gasteiger partial charge in [0, 0.05) is 18.9 Å². The average molecular weight is 649 g/mol. The van der Waals surface area contributed by atoms with Crippen molar-refractivity contribution in [2.45, 2.75) is 168 Å². The van der Waals surface area contributed by atoms with Gasteiger partial charge in [-0.2, -0.15) is 0 Å². The Hall–Kier alpha value is -3.08. The molecule has 0 unspecified atom stereocenters. The molecule has 262 valence electrons. The number of phenolic OH excluding ortho intramolecular Hbond substituents is 1. The van der Waals surface area contributed by atoms with Crippen molar-refractivity contribution in [3.05, 3.63) is 53.6 Å². The number of carbonyl (C=O) groups is 2. The van der Waals surface area contributed by atoms with Crippen molar-refractivity contribution < 1.29 is 24.2 Å². The summed E-state index contributed by atoms with van der Waals surface area (Å²) in [5.74, 6) is 0.436. The number of hydrogen-bond donors (Lipinski definition) is 1. The van der Waals surface area contributed by atoms with Gasteiger partial charge in [-0.25, -0.2) is 0 Å². The minimum absolute atomic E-state index is 0.209. The molecule has 0 spiro atoms. The first-order valence-corrected chi connectivity index (χ1v) is 19.0. The Kier molecular flexibility index (Phi) is 23.0. The van der Waals surface area contributed by atoms with Crippen LogP contribution in [-0.2, 0) is 9.59 Å². The van der Waals surface area contributed by atoms with Gasteiger partial charge in [-0.15, -0.1) is 0 Å². The second kappa shape index (κ2) is 26.9. The predicted octanol–water partition coefficient (Wildman–Crippen LogP) is 12.8. The van der Waals surface area contributed by atoms with Gasteiger partial charge in [0.25, 0.3) is 0 Å². The highest BCUT2D eigenvalue weighted by molar-refractivity contribution is 5.76. The molecule has 0 bridgehead atoms. The zero-order chi connectivity index (χ0) is 33.8. The number of hydrogen-bond acceptors (Lipinski definition) is 5. The Morgan fingerprint density at radius 3 is 1.21 bits per heavy atom. The molecule has 0 aromatic heterocycles. The van der Waals surface area contributed by atoms with Gasteiger partial charge in [-0.3, -0.25) is 9.59 Å². The van der Waals surface area contributed by atoms with Crippen LogP contribution in [0.5, 0.6) is 17.2 Å². The maximum atomic E-state index is 12.7. The van der Waals surface area contributed by atoms with Crippen molar-refractivity contribution in [1.82, 2.24) is 0 Å². The van der Waals surface area contributed by atoms with E-state index in [1.807, 2.05) is 24.3 Å². The minimum Gasteiger partial charge on any atom is -0.508 e. The lowest BCUT2D eigenvalue weighted by Crippen LogP contribution is -2.10. The maximum Gasteiger partial charge on any atom is 0.311 e. The van der Waals surface area contributed by atoms with Crippen molar-refractivity contribution in [2.24, 2.45) is 0 Å². The Labute approximate surface area is 286 Å². The number of benzene rings is 2. The molecule has 2 aromatic carbocycles. The van der Waals surface area contributed by atoms with E-state index in [9.17, 15) is 14.7 Å². The SMILES string of the molecule is CCCCCCCCCCCCCC(=O)Oc1cc(C=Cc2ccc(O)cc2)cc(OC(=O)CCCCCCCCCCCCC)c1. The molecular formula is C42H64O5. The number of carbonyl (C=O) groups excluding carboxylic acids is 2. The summed E-state index contributed by atoms with van der Waals surface area (Å²) in [7, 11) is 0. The van der Waals surface area contributed by atoms with E-state index in [2.05, 4.69) is 13.8 Å². The third kappa shape index (κ3) is 21.4. The second-order valence-corrected chi connectivity index (χ2v) is 13.2. The molecule has 0 aliphatic rings. The summed E-state index contributed by atoms with van der Waals surface area (Å²) in [6, 6.07) is 12.1. The lowest BCUT2D eigenvalue weighted by atomic mass is 10.1. The van der Waals surface area contributed by atoms with Crippen LogP contribution in [0.3, 0.4) is 0 Å². The molecule has 0 fully saturated rings. The normalized spacial score (nSPS) is 11.3. The number of phenols is 1. The zero-order valence-corrected chi connectivity index (χ0v) is 29.7. The number of esters is 2. The Morgan fingerprint density at radius 1 is 0.489 bits per heavy atom. The van der Waals surface area contributed by atoms with Gasteiger partial charge in [0.1, 0.15) is 17.2 Å². The number of rotatable bonds is 28. The van der Waals surface area contributed by atoms with Crippen LogP contribution in [0.4, 0.5) is 0 Å². The minimum atomic E-state index is -0.265. The van der Waals surface area contributed by atoms with Crippen LogP contribution < -0.4 is 9.47 Å². The largest absolute Gasteiger partial charge is 0.508 e. The summed E-state index contributed by atoms with van der Waals surface area (Å²) in [5, 5.41) is 9.58. The van der Waals surface area contributed by atoms with E-state index in [1.165, 1.54) is 103 Å². The highest BCUT2D eigenvalue weighted by atomic mass is 16.5. The van der Waals surface area contributed by atoms with E-state index in [1.54, 1.807) is 30.3 Å². The molecule has 0 aliphatic carbocycles. The fourth-order valence-electron chi connectivity index (χ4n) is 5.82. The first-order valence-electron chi connectivity index (χ1n) is 19.0. The lowest BCUT2D eigenvalue weighted by molar-refractivity contribution is -0.135. The Bertz CT molecular complexity index is 1060. The summed E-state index contributed by atoms with van der Waals surface area (Å²) in [6.07, 6.45) is 31.6. The van der Waals surface area contributed by atoms with E-state index in [-0.39, 0.29) is 17.7 Å². The molecule has 47 heavy (non-hydrogen) atoms. The molecule has 0 saturated carbocycles. The van der Waals surface area contributed by atoms with Crippen LogP contribution in [0.1, 0.15) is 179 Å². The van der Waals surface area contributed by atoms with Gasteiger partial charge in [-0.1, -0.05) is 167 Å². The number of ether oxygens (including phenoxy) is 2. The Morgan fingerprint density at radius 2 is 0.830 bits per heavy atom. The van der Waals surface area contributed by atoms with Gasteiger partial charge < -0.3 is 14.6 Å². The molecule has 0 saturated heterocycles. The maximum absolute atomic E-state index is 12.7. The number of unbranched alkanes of at least 4 members (excludes halogenated alkanes) is 20. The van der Waals surface area contributed by atoms with E-state index in [0.29, 0.717) is 24.3 Å². The molecule has 0 amide bonds. The summed E-state index contributed by atoms with van der Waals surface area (Å²) < 4.78 is 11.4. The monoisotopic (exact) mass is 648 g/mol. The van der Waals surface area contributed by atoms with Crippen molar-refractivity contribution in [2.75, 3.05) is 0 Å². The van der Waals surface area contributed by atoms with Gasteiger partial charge >= 0.3 is 11.9 Å². The van der Waals surface area contributed by atoms with Gasteiger partial charge in [0.2, 0.25) is 0 Å². The molecule has 5 nitrogen and oxygen atoms in total. The van der Waals surface area contributed by atoms with Crippen LogP contribution in [-0.4, -0.2) is 17.0 Å². The highest BCUT2D eigenvalue weighted by Crippen LogP contribution is 2.26. The molecule has 2 aromatic rings. The first kappa shape index (κ1) is 40.1. The fourth-order valence-corrected chi connectivity index (χ4v) is 5.82. The van der Waals surface area contributed by atoms with Crippen molar-refractivity contribution in [3.8, 4) is 17.2 Å². The molecule has 0 aliphatic heterocycles. The summed E-state index contributed by atoms with van der Waals surface area (Å²) in [5.41, 5.74) is 1.67. The lowest BCUT2D eigenvalue weighted by Gasteiger charge is -2.10. The summed E-state index contributed by atoms with van der Waals surface area (Å²) in [6.45, 7) is 4.50. The van der Waals surface area contributed by atoms with Crippen LogP contribution in [0, 0.1) is 0 Å². The van der Waals surface area contributed by atoms with Gasteiger partial charge in [0.05, 0.1) is 0 Å². The van der Waals surface area contributed by atoms with Crippen LogP contribution in [0.2, 0.25) is 0 Å². The van der Waals surface area contributed by atoms with Gasteiger partial charge in [0.15, 0.2) is 0 Å². The summed E-state index contributed by atoms with van der Waals surface area (Å²) in [4.78, 5) is 25.4. The molecule has 0 radical (unpaired) electrons. The molecule has 0 heterocycles. The van der Waals surface area contributed by atoms with Crippen molar-refractivity contribution >= 4 is 24.1 Å². The quantitative estimate of drug-likeness (QED) is 0.0430. The predicted molar refractivity (Wildman–Crippen MR) is 197 cm³/mol. The van der Waals surface area contributed by atoms with Crippen LogP contribution in [0.15, 0.2) is 42.5 Å². The van der Waals surface area contributed by atoms with E-state index in [4.69, 9.17) is 9.47 Å². The third-order valence-corrected chi connectivity index (χ3v) is 8.70. The van der Waals surface area contributed by atoms with E-state index in [0.717, 1.165) is 49.7 Å². The smallest absolute Gasteiger partial charge is 0.311 e. The molecule has 5 heteroatoms.